The Morgan fingerprint density at radius 3 is 2.96 bits per heavy atom. The lowest BCUT2D eigenvalue weighted by Gasteiger charge is -2.31. The average molecular weight is 342 g/mol. The van der Waals surface area contributed by atoms with Crippen molar-refractivity contribution in [3.63, 3.8) is 0 Å². The van der Waals surface area contributed by atoms with Gasteiger partial charge in [-0.1, -0.05) is 31.5 Å². The summed E-state index contributed by atoms with van der Waals surface area (Å²) in [5, 5.41) is 7.23. The Hall–Kier alpha value is -2.37. The number of nitrogens with zero attached hydrogens (tertiary/aromatic N) is 3. The van der Waals surface area contributed by atoms with Crippen molar-refractivity contribution in [3.8, 4) is 11.5 Å². The molecule has 2 unspecified atom stereocenters. The number of hydrogen-bond donors (Lipinski definition) is 1. The van der Waals surface area contributed by atoms with Gasteiger partial charge in [-0.2, -0.15) is 4.98 Å². The molecular formula is C19H26N4O2. The zero-order chi connectivity index (χ0) is 17.6. The van der Waals surface area contributed by atoms with Crippen molar-refractivity contribution in [3.05, 3.63) is 30.3 Å². The lowest BCUT2D eigenvalue weighted by atomic mass is 9.97. The number of carbonyl (C=O) groups is 1. The Balaban J connectivity index is 1.64. The molecule has 2 aromatic rings. The second-order valence-corrected chi connectivity index (χ2v) is 6.75. The van der Waals surface area contributed by atoms with E-state index in [1.807, 2.05) is 35.2 Å². The number of hydrogen-bond acceptors (Lipinski definition) is 5. The first-order chi connectivity index (χ1) is 12.2. The van der Waals surface area contributed by atoms with Crippen molar-refractivity contribution in [2.24, 2.45) is 5.92 Å². The van der Waals surface area contributed by atoms with Crippen LogP contribution in [0.5, 0.6) is 0 Å². The molecule has 1 fully saturated rings. The van der Waals surface area contributed by atoms with Crippen LogP contribution in [0.1, 0.15) is 39.5 Å². The first-order valence-electron chi connectivity index (χ1n) is 9.11. The van der Waals surface area contributed by atoms with Gasteiger partial charge in [0, 0.05) is 24.7 Å². The van der Waals surface area contributed by atoms with Gasteiger partial charge in [0.2, 0.25) is 5.91 Å². The highest BCUT2D eigenvalue weighted by molar-refractivity contribution is 5.79. The molecule has 1 aromatic carbocycles. The molecule has 0 radical (unpaired) electrons. The normalized spacial score (nSPS) is 18.8. The first kappa shape index (κ1) is 17.5. The highest BCUT2D eigenvalue weighted by Crippen LogP contribution is 2.24. The smallest absolute Gasteiger partial charge is 0.266 e. The standard InChI is InChI=1S/C19H26N4O2/c1-3-8-14(2)20-17(24)16-11-7-12-23(13-16)19-21-18(25-22-19)15-9-5-4-6-10-15/h4-6,9-10,14,16H,3,7-8,11-13H2,1-2H3,(H,20,24). The highest BCUT2D eigenvalue weighted by atomic mass is 16.5. The Bertz CT molecular complexity index is 686. The fraction of sp³-hybridized carbons (Fsp3) is 0.526. The van der Waals surface area contributed by atoms with Gasteiger partial charge in [-0.25, -0.2) is 0 Å². The van der Waals surface area contributed by atoms with Gasteiger partial charge in [-0.15, -0.1) is 0 Å². The summed E-state index contributed by atoms with van der Waals surface area (Å²) in [4.78, 5) is 19.0. The van der Waals surface area contributed by atoms with Crippen molar-refractivity contribution in [1.29, 1.82) is 0 Å². The largest absolute Gasteiger partial charge is 0.353 e. The van der Waals surface area contributed by atoms with Gasteiger partial charge in [-0.3, -0.25) is 4.79 Å². The highest BCUT2D eigenvalue weighted by Gasteiger charge is 2.28. The average Bonchev–Trinajstić information content (AvgIpc) is 3.13. The number of aromatic nitrogens is 2. The second kappa shape index (κ2) is 8.14. The number of benzene rings is 1. The topological polar surface area (TPSA) is 71.3 Å². The summed E-state index contributed by atoms with van der Waals surface area (Å²) in [6.07, 6.45) is 3.94. The molecule has 25 heavy (non-hydrogen) atoms. The second-order valence-electron chi connectivity index (χ2n) is 6.75. The van der Waals surface area contributed by atoms with Crippen LogP contribution < -0.4 is 10.2 Å². The van der Waals surface area contributed by atoms with Gasteiger partial charge in [0.15, 0.2) is 0 Å². The van der Waals surface area contributed by atoms with E-state index < -0.39 is 0 Å². The molecule has 2 atom stereocenters. The van der Waals surface area contributed by atoms with Crippen molar-refractivity contribution >= 4 is 11.9 Å². The number of amides is 1. The lowest BCUT2D eigenvalue weighted by Crippen LogP contribution is -2.45. The zero-order valence-electron chi connectivity index (χ0n) is 14.9. The summed E-state index contributed by atoms with van der Waals surface area (Å²) in [6, 6.07) is 9.95. The maximum Gasteiger partial charge on any atom is 0.266 e. The van der Waals surface area contributed by atoms with Crippen LogP contribution in [0.25, 0.3) is 11.5 Å². The van der Waals surface area contributed by atoms with Crippen LogP contribution in [0.3, 0.4) is 0 Å². The van der Waals surface area contributed by atoms with Crippen molar-refractivity contribution in [2.45, 2.75) is 45.6 Å². The number of nitrogens with one attached hydrogen (secondary N) is 1. The predicted octanol–water partition coefficient (Wildman–Crippen LogP) is 3.26. The lowest BCUT2D eigenvalue weighted by molar-refractivity contribution is -0.125. The number of anilines is 1. The monoisotopic (exact) mass is 342 g/mol. The maximum absolute atomic E-state index is 12.5. The van der Waals surface area contributed by atoms with Gasteiger partial charge in [0.05, 0.1) is 5.92 Å². The zero-order valence-corrected chi connectivity index (χ0v) is 14.9. The maximum atomic E-state index is 12.5. The Morgan fingerprint density at radius 2 is 2.20 bits per heavy atom. The third kappa shape index (κ3) is 4.38. The van der Waals surface area contributed by atoms with Gasteiger partial charge in [0.1, 0.15) is 0 Å². The fourth-order valence-corrected chi connectivity index (χ4v) is 3.28. The summed E-state index contributed by atoms with van der Waals surface area (Å²) >= 11 is 0. The van der Waals surface area contributed by atoms with E-state index in [-0.39, 0.29) is 17.9 Å². The minimum Gasteiger partial charge on any atom is -0.353 e. The van der Waals surface area contributed by atoms with Crippen molar-refractivity contribution < 1.29 is 9.32 Å². The molecule has 1 N–H and O–H groups in total. The third-order valence-corrected chi connectivity index (χ3v) is 4.62. The van der Waals surface area contributed by atoms with Crippen LogP contribution in [0.2, 0.25) is 0 Å². The van der Waals surface area contributed by atoms with E-state index in [0.717, 1.165) is 37.8 Å². The van der Waals surface area contributed by atoms with Crippen LogP contribution in [-0.2, 0) is 4.79 Å². The summed E-state index contributed by atoms with van der Waals surface area (Å²) in [6.45, 7) is 5.68. The van der Waals surface area contributed by atoms with Crippen LogP contribution in [0, 0.1) is 5.92 Å². The fourth-order valence-electron chi connectivity index (χ4n) is 3.28. The molecule has 1 saturated heterocycles. The van der Waals surface area contributed by atoms with Crippen molar-refractivity contribution in [1.82, 2.24) is 15.5 Å². The van der Waals surface area contributed by atoms with Crippen molar-refractivity contribution in [2.75, 3.05) is 18.0 Å². The van der Waals surface area contributed by atoms with E-state index >= 15 is 0 Å². The summed E-state index contributed by atoms with van der Waals surface area (Å²) < 4.78 is 5.39. The summed E-state index contributed by atoms with van der Waals surface area (Å²) in [7, 11) is 0. The molecule has 1 aromatic heterocycles. The molecule has 6 heteroatoms. The number of piperidine rings is 1. The minimum absolute atomic E-state index is 0.0215. The quantitative estimate of drug-likeness (QED) is 0.872. The van der Waals surface area contributed by atoms with Crippen LogP contribution in [-0.4, -0.2) is 35.2 Å². The Kier molecular flexibility index (Phi) is 5.68. The predicted molar refractivity (Wildman–Crippen MR) is 97.2 cm³/mol. The molecule has 0 aliphatic carbocycles. The van der Waals surface area contributed by atoms with E-state index in [4.69, 9.17) is 4.52 Å². The molecule has 1 aliphatic rings. The summed E-state index contributed by atoms with van der Waals surface area (Å²) in [5.41, 5.74) is 0.904. The van der Waals surface area contributed by atoms with Gasteiger partial charge < -0.3 is 14.7 Å². The SMILES string of the molecule is CCCC(C)NC(=O)C1CCCN(c2noc(-c3ccccc3)n2)C1. The molecule has 2 heterocycles. The van der Waals surface area contributed by atoms with E-state index in [0.29, 0.717) is 18.4 Å². The van der Waals surface area contributed by atoms with Gasteiger partial charge >= 0.3 is 0 Å². The summed E-state index contributed by atoms with van der Waals surface area (Å²) in [5.74, 6) is 1.20. The molecule has 0 spiro atoms. The molecule has 1 amide bonds. The third-order valence-electron chi connectivity index (χ3n) is 4.62. The van der Waals surface area contributed by atoms with Gasteiger partial charge in [-0.05, 0) is 43.5 Å². The van der Waals surface area contributed by atoms with Crippen LogP contribution in [0.15, 0.2) is 34.9 Å². The minimum atomic E-state index is -0.0215. The number of rotatable bonds is 6. The first-order valence-corrected chi connectivity index (χ1v) is 9.11. The van der Waals surface area contributed by atoms with E-state index in [9.17, 15) is 4.79 Å². The molecule has 134 valence electrons. The van der Waals surface area contributed by atoms with E-state index in [1.165, 1.54) is 0 Å². The van der Waals surface area contributed by atoms with Crippen LogP contribution >= 0.6 is 0 Å². The molecule has 0 saturated carbocycles. The molecule has 0 bridgehead atoms. The molecule has 3 rings (SSSR count). The number of carbonyl (C=O) groups excluding carboxylic acids is 1. The Labute approximate surface area is 148 Å². The van der Waals surface area contributed by atoms with Crippen LogP contribution in [0.4, 0.5) is 5.95 Å². The van der Waals surface area contributed by atoms with Gasteiger partial charge in [0.25, 0.3) is 11.8 Å². The Morgan fingerprint density at radius 1 is 1.40 bits per heavy atom. The van der Waals surface area contributed by atoms with E-state index in [1.54, 1.807) is 0 Å². The molecule has 1 aliphatic heterocycles. The van der Waals surface area contributed by atoms with E-state index in [2.05, 4.69) is 29.3 Å². The molecule has 6 nitrogen and oxygen atoms in total. The molecular weight excluding hydrogens is 316 g/mol.